The highest BCUT2D eigenvalue weighted by Crippen LogP contribution is 2.45. The summed E-state index contributed by atoms with van der Waals surface area (Å²) in [4.78, 5) is 15.2. The molecule has 1 atom stereocenters. The molecule has 1 aromatic heterocycles. The summed E-state index contributed by atoms with van der Waals surface area (Å²) in [5, 5.41) is 6.07. The molecule has 1 amide bonds. The molecule has 0 aliphatic carbocycles. The van der Waals surface area contributed by atoms with Crippen LogP contribution in [-0.4, -0.2) is 23.7 Å². The largest absolute Gasteiger partial charge is 0.364 e. The van der Waals surface area contributed by atoms with E-state index in [1.807, 2.05) is 11.4 Å². The molecule has 1 aliphatic rings. The fourth-order valence-corrected chi connectivity index (χ4v) is 4.97. The number of carbonyl (C=O) groups is 1. The number of carbonyl (C=O) groups excluding carboxylic acids is 1. The summed E-state index contributed by atoms with van der Waals surface area (Å²) in [6, 6.07) is 8.61. The average molecular weight is 384 g/mol. The van der Waals surface area contributed by atoms with Gasteiger partial charge in [0, 0.05) is 17.3 Å². The van der Waals surface area contributed by atoms with Crippen molar-refractivity contribution in [2.45, 2.75) is 65.5 Å². The first-order chi connectivity index (χ1) is 12.7. The van der Waals surface area contributed by atoms with Crippen LogP contribution in [0.1, 0.15) is 73.3 Å². The SMILES string of the molecule is Cc1cc2c(cc1/C=N/NC(=O)c1cccs1)[C@@H](C)CC(C)(C)N2C(C)C. The van der Waals surface area contributed by atoms with Crippen LogP contribution in [0.5, 0.6) is 0 Å². The molecule has 0 radical (unpaired) electrons. The van der Waals surface area contributed by atoms with E-state index < -0.39 is 0 Å². The third-order valence-corrected chi connectivity index (χ3v) is 6.16. The fraction of sp³-hybridized carbons (Fsp3) is 0.455. The van der Waals surface area contributed by atoms with E-state index >= 15 is 0 Å². The number of nitrogens with zero attached hydrogens (tertiary/aromatic N) is 2. The molecule has 3 rings (SSSR count). The minimum Gasteiger partial charge on any atom is -0.364 e. The van der Waals surface area contributed by atoms with Gasteiger partial charge in [0.25, 0.3) is 5.91 Å². The first kappa shape index (κ1) is 19.6. The molecule has 0 bridgehead atoms. The quantitative estimate of drug-likeness (QED) is 0.573. The second kappa shape index (κ2) is 7.47. The van der Waals surface area contributed by atoms with Crippen molar-refractivity contribution >= 4 is 29.1 Å². The Kier molecular flexibility index (Phi) is 5.43. The fourth-order valence-electron chi connectivity index (χ4n) is 4.35. The monoisotopic (exact) mass is 383 g/mol. The van der Waals surface area contributed by atoms with Crippen molar-refractivity contribution in [1.82, 2.24) is 5.43 Å². The molecule has 4 nitrogen and oxygen atoms in total. The number of benzene rings is 1. The Hall–Kier alpha value is -2.14. The zero-order chi connectivity index (χ0) is 19.8. The number of hydrogen-bond donors (Lipinski definition) is 1. The van der Waals surface area contributed by atoms with Crippen molar-refractivity contribution < 1.29 is 4.79 Å². The minimum atomic E-state index is -0.169. The number of anilines is 1. The Bertz CT molecular complexity index is 853. The van der Waals surface area contributed by atoms with Gasteiger partial charge < -0.3 is 4.90 Å². The van der Waals surface area contributed by atoms with Gasteiger partial charge in [-0.3, -0.25) is 4.79 Å². The van der Waals surface area contributed by atoms with Crippen molar-refractivity contribution in [1.29, 1.82) is 0 Å². The molecule has 144 valence electrons. The highest BCUT2D eigenvalue weighted by Gasteiger charge is 2.37. The van der Waals surface area contributed by atoms with Gasteiger partial charge in [0.15, 0.2) is 0 Å². The zero-order valence-corrected chi connectivity index (χ0v) is 17.9. The molecule has 1 aromatic carbocycles. The van der Waals surface area contributed by atoms with E-state index in [0.29, 0.717) is 16.8 Å². The van der Waals surface area contributed by atoms with Crippen molar-refractivity contribution in [3.05, 3.63) is 51.2 Å². The van der Waals surface area contributed by atoms with Crippen molar-refractivity contribution in [2.75, 3.05) is 4.90 Å². The molecular weight excluding hydrogens is 354 g/mol. The van der Waals surface area contributed by atoms with Crippen LogP contribution in [-0.2, 0) is 0 Å². The van der Waals surface area contributed by atoms with E-state index in [-0.39, 0.29) is 11.4 Å². The van der Waals surface area contributed by atoms with Gasteiger partial charge in [-0.15, -0.1) is 11.3 Å². The first-order valence-electron chi connectivity index (χ1n) is 9.51. The standard InChI is InChI=1S/C22H29N3OS/c1-14(2)25-19-10-15(3)17(11-18(19)16(4)12-22(25,5)6)13-23-24-21(26)20-8-7-9-27-20/h7-11,13-14,16H,12H2,1-6H3,(H,24,26)/b23-13+/t16-/m0/s1. The molecule has 0 saturated carbocycles. The highest BCUT2D eigenvalue weighted by molar-refractivity contribution is 7.12. The maximum absolute atomic E-state index is 12.0. The van der Waals surface area contributed by atoms with Crippen LogP contribution in [0.2, 0.25) is 0 Å². The van der Waals surface area contributed by atoms with Crippen LogP contribution < -0.4 is 10.3 Å². The molecule has 0 spiro atoms. The maximum Gasteiger partial charge on any atom is 0.281 e. The third kappa shape index (κ3) is 3.93. The van der Waals surface area contributed by atoms with E-state index in [1.165, 1.54) is 28.2 Å². The molecule has 0 unspecified atom stereocenters. The molecule has 5 heteroatoms. The number of fused-ring (bicyclic) bond motifs is 1. The molecule has 2 aromatic rings. The van der Waals surface area contributed by atoms with Crippen LogP contribution >= 0.6 is 11.3 Å². The van der Waals surface area contributed by atoms with Crippen LogP contribution in [0, 0.1) is 6.92 Å². The third-order valence-electron chi connectivity index (χ3n) is 5.29. The number of aryl methyl sites for hydroxylation is 1. The van der Waals surface area contributed by atoms with E-state index in [9.17, 15) is 4.79 Å². The number of thiophene rings is 1. The predicted octanol–water partition coefficient (Wildman–Crippen LogP) is 5.32. The second-order valence-corrected chi connectivity index (χ2v) is 9.27. The molecule has 0 fully saturated rings. The van der Waals surface area contributed by atoms with Crippen molar-refractivity contribution in [3.63, 3.8) is 0 Å². The van der Waals surface area contributed by atoms with Crippen LogP contribution in [0.25, 0.3) is 0 Å². The Morgan fingerprint density at radius 2 is 2.15 bits per heavy atom. The molecule has 1 N–H and O–H groups in total. The zero-order valence-electron chi connectivity index (χ0n) is 17.0. The number of hydrazone groups is 1. The van der Waals surface area contributed by atoms with Crippen molar-refractivity contribution in [3.8, 4) is 0 Å². The Morgan fingerprint density at radius 3 is 2.78 bits per heavy atom. The Balaban J connectivity index is 1.88. The van der Waals surface area contributed by atoms with Crippen LogP contribution in [0.15, 0.2) is 34.7 Å². The summed E-state index contributed by atoms with van der Waals surface area (Å²) < 4.78 is 0. The molecule has 1 aliphatic heterocycles. The summed E-state index contributed by atoms with van der Waals surface area (Å²) in [5.74, 6) is 0.316. The summed E-state index contributed by atoms with van der Waals surface area (Å²) in [7, 11) is 0. The Morgan fingerprint density at radius 1 is 1.41 bits per heavy atom. The molecule has 27 heavy (non-hydrogen) atoms. The van der Waals surface area contributed by atoms with E-state index in [4.69, 9.17) is 0 Å². The molecule has 2 heterocycles. The maximum atomic E-state index is 12.0. The lowest BCUT2D eigenvalue weighted by atomic mass is 9.78. The number of rotatable bonds is 4. The molecule has 0 saturated heterocycles. The molecular formula is C22H29N3OS. The summed E-state index contributed by atoms with van der Waals surface area (Å²) in [5.41, 5.74) is 7.66. The lowest BCUT2D eigenvalue weighted by Gasteiger charge is -2.50. The topological polar surface area (TPSA) is 44.7 Å². The van der Waals surface area contributed by atoms with Gasteiger partial charge in [0.2, 0.25) is 0 Å². The first-order valence-corrected chi connectivity index (χ1v) is 10.4. The van der Waals surface area contributed by atoms with Crippen LogP contribution in [0.3, 0.4) is 0 Å². The van der Waals surface area contributed by atoms with Gasteiger partial charge in [-0.1, -0.05) is 13.0 Å². The number of amides is 1. The van der Waals surface area contributed by atoms with Crippen LogP contribution in [0.4, 0.5) is 5.69 Å². The van der Waals surface area contributed by atoms with Gasteiger partial charge in [-0.05, 0) is 87.2 Å². The van der Waals surface area contributed by atoms with Gasteiger partial charge in [-0.2, -0.15) is 5.10 Å². The smallest absolute Gasteiger partial charge is 0.281 e. The summed E-state index contributed by atoms with van der Waals surface area (Å²) >= 11 is 1.41. The average Bonchev–Trinajstić information content (AvgIpc) is 3.09. The van der Waals surface area contributed by atoms with Gasteiger partial charge >= 0.3 is 0 Å². The minimum absolute atomic E-state index is 0.136. The highest BCUT2D eigenvalue weighted by atomic mass is 32.1. The van der Waals surface area contributed by atoms with Crippen molar-refractivity contribution in [2.24, 2.45) is 5.10 Å². The normalized spacial score (nSPS) is 18.8. The Labute approximate surface area is 166 Å². The van der Waals surface area contributed by atoms with E-state index in [1.54, 1.807) is 12.3 Å². The van der Waals surface area contributed by atoms with E-state index in [0.717, 1.165) is 12.0 Å². The number of nitrogens with one attached hydrogen (secondary N) is 1. The number of hydrogen-bond acceptors (Lipinski definition) is 4. The predicted molar refractivity (Wildman–Crippen MR) is 115 cm³/mol. The lowest BCUT2D eigenvalue weighted by Crippen LogP contribution is -2.51. The second-order valence-electron chi connectivity index (χ2n) is 8.33. The van der Waals surface area contributed by atoms with E-state index in [2.05, 4.69) is 69.1 Å². The van der Waals surface area contributed by atoms with Gasteiger partial charge in [-0.25, -0.2) is 5.43 Å². The van der Waals surface area contributed by atoms with Gasteiger partial charge in [0.1, 0.15) is 0 Å². The lowest BCUT2D eigenvalue weighted by molar-refractivity contribution is 0.0959. The summed E-state index contributed by atoms with van der Waals surface area (Å²) in [6.07, 6.45) is 2.88. The van der Waals surface area contributed by atoms with Gasteiger partial charge in [0.05, 0.1) is 11.1 Å². The summed E-state index contributed by atoms with van der Waals surface area (Å²) in [6.45, 7) is 13.6.